The maximum absolute atomic E-state index is 12.2. The average molecular weight is 297 g/mol. The molecule has 0 radical (unpaired) electrons. The molecule has 0 aliphatic heterocycles. The lowest BCUT2D eigenvalue weighted by molar-refractivity contribution is 0.600. The smallest absolute Gasteiger partial charge is 0.262 e. The fourth-order valence-corrected chi connectivity index (χ4v) is 3.19. The molecule has 0 aliphatic rings. The number of benzene rings is 2. The first-order valence-corrected chi connectivity index (χ1v) is 7.39. The summed E-state index contributed by atoms with van der Waals surface area (Å²) in [4.78, 5) is 0.203. The highest BCUT2D eigenvalue weighted by atomic mass is 35.5. The molecular formula is C13H13ClN2O2S. The van der Waals surface area contributed by atoms with Crippen LogP contribution >= 0.6 is 11.6 Å². The Labute approximate surface area is 117 Å². The van der Waals surface area contributed by atoms with E-state index in [1.807, 2.05) is 0 Å². The summed E-state index contributed by atoms with van der Waals surface area (Å²) >= 11 is 5.82. The first-order chi connectivity index (χ1) is 8.88. The molecule has 2 aromatic carbocycles. The Morgan fingerprint density at radius 2 is 1.74 bits per heavy atom. The SMILES string of the molecule is Cc1cc(Cl)ccc1S(=O)(=O)Nc1ccc(N)cc1. The van der Waals surface area contributed by atoms with Crippen LogP contribution in [0.15, 0.2) is 47.4 Å². The summed E-state index contributed by atoms with van der Waals surface area (Å²) < 4.78 is 27.0. The van der Waals surface area contributed by atoms with E-state index in [4.69, 9.17) is 17.3 Å². The number of nitrogens with two attached hydrogens (primary N) is 1. The number of rotatable bonds is 3. The number of aryl methyl sites for hydroxylation is 1. The van der Waals surface area contributed by atoms with Gasteiger partial charge in [0.2, 0.25) is 0 Å². The highest BCUT2D eigenvalue weighted by Crippen LogP contribution is 2.22. The van der Waals surface area contributed by atoms with Crippen LogP contribution in [-0.2, 0) is 10.0 Å². The van der Waals surface area contributed by atoms with Gasteiger partial charge in [-0.1, -0.05) is 11.6 Å². The molecule has 0 aliphatic carbocycles. The third-order valence-electron chi connectivity index (χ3n) is 2.59. The van der Waals surface area contributed by atoms with Crippen LogP contribution in [0.1, 0.15) is 5.56 Å². The maximum Gasteiger partial charge on any atom is 0.262 e. The van der Waals surface area contributed by atoms with E-state index in [-0.39, 0.29) is 4.90 Å². The quantitative estimate of drug-likeness (QED) is 0.855. The van der Waals surface area contributed by atoms with Gasteiger partial charge < -0.3 is 5.73 Å². The van der Waals surface area contributed by atoms with Crippen molar-refractivity contribution < 1.29 is 8.42 Å². The van der Waals surface area contributed by atoms with Crippen LogP contribution in [0.25, 0.3) is 0 Å². The molecule has 4 nitrogen and oxygen atoms in total. The Hall–Kier alpha value is -1.72. The van der Waals surface area contributed by atoms with Gasteiger partial charge in [0, 0.05) is 16.4 Å². The number of nitrogens with one attached hydrogen (secondary N) is 1. The number of nitrogen functional groups attached to an aromatic ring is 1. The summed E-state index contributed by atoms with van der Waals surface area (Å²) in [5, 5.41) is 0.504. The minimum Gasteiger partial charge on any atom is -0.399 e. The molecule has 2 rings (SSSR count). The van der Waals surface area contributed by atoms with Gasteiger partial charge in [0.15, 0.2) is 0 Å². The molecule has 0 heterocycles. The monoisotopic (exact) mass is 296 g/mol. The molecule has 3 N–H and O–H groups in total. The van der Waals surface area contributed by atoms with Gasteiger partial charge in [0.1, 0.15) is 0 Å². The zero-order valence-electron chi connectivity index (χ0n) is 10.2. The van der Waals surface area contributed by atoms with Crippen LogP contribution < -0.4 is 10.5 Å². The van der Waals surface area contributed by atoms with Crippen LogP contribution in [0.4, 0.5) is 11.4 Å². The van der Waals surface area contributed by atoms with E-state index >= 15 is 0 Å². The highest BCUT2D eigenvalue weighted by molar-refractivity contribution is 7.92. The summed E-state index contributed by atoms with van der Waals surface area (Å²) in [5.41, 5.74) is 7.18. The van der Waals surface area contributed by atoms with Gasteiger partial charge in [0.05, 0.1) is 4.90 Å². The second-order valence-electron chi connectivity index (χ2n) is 4.14. The fourth-order valence-electron chi connectivity index (χ4n) is 1.68. The van der Waals surface area contributed by atoms with Crippen molar-refractivity contribution in [1.82, 2.24) is 0 Å². The van der Waals surface area contributed by atoms with Crippen molar-refractivity contribution in [2.24, 2.45) is 0 Å². The molecule has 19 heavy (non-hydrogen) atoms. The lowest BCUT2D eigenvalue weighted by Gasteiger charge is -2.10. The van der Waals surface area contributed by atoms with Crippen LogP contribution in [0.5, 0.6) is 0 Å². The van der Waals surface area contributed by atoms with Gasteiger partial charge in [0.25, 0.3) is 10.0 Å². The molecule has 100 valence electrons. The van der Waals surface area contributed by atoms with E-state index in [1.54, 1.807) is 43.3 Å². The second kappa shape index (κ2) is 5.11. The summed E-state index contributed by atoms with van der Waals surface area (Å²) in [6.45, 7) is 1.70. The Balaban J connectivity index is 2.35. The molecule has 2 aromatic rings. The maximum atomic E-state index is 12.2. The molecule has 0 unspecified atom stereocenters. The predicted molar refractivity (Wildman–Crippen MR) is 77.9 cm³/mol. The largest absolute Gasteiger partial charge is 0.399 e. The van der Waals surface area contributed by atoms with Crippen LogP contribution in [0.3, 0.4) is 0 Å². The van der Waals surface area contributed by atoms with Crippen LogP contribution in [-0.4, -0.2) is 8.42 Å². The van der Waals surface area contributed by atoms with Crippen molar-refractivity contribution in [3.05, 3.63) is 53.1 Å². The third kappa shape index (κ3) is 3.19. The Morgan fingerprint density at radius 3 is 2.32 bits per heavy atom. The molecule has 0 saturated heterocycles. The number of hydrogen-bond acceptors (Lipinski definition) is 3. The first kappa shape index (κ1) is 13.7. The van der Waals surface area contributed by atoms with E-state index in [0.717, 1.165) is 0 Å². The first-order valence-electron chi connectivity index (χ1n) is 5.53. The Kier molecular flexibility index (Phi) is 3.68. The minimum atomic E-state index is -3.62. The molecule has 6 heteroatoms. The highest BCUT2D eigenvalue weighted by Gasteiger charge is 2.16. The number of sulfonamides is 1. The van der Waals surface area contributed by atoms with Crippen molar-refractivity contribution >= 4 is 33.0 Å². The predicted octanol–water partition coefficient (Wildman–Crippen LogP) is 3.03. The van der Waals surface area contributed by atoms with E-state index in [9.17, 15) is 8.42 Å². The Bertz CT molecular complexity index is 697. The molecule has 0 aromatic heterocycles. The summed E-state index contributed by atoms with van der Waals surface area (Å²) in [5.74, 6) is 0. The summed E-state index contributed by atoms with van der Waals surface area (Å²) in [6.07, 6.45) is 0. The number of hydrogen-bond donors (Lipinski definition) is 2. The molecule has 0 amide bonds. The van der Waals surface area contributed by atoms with Crippen molar-refractivity contribution in [3.63, 3.8) is 0 Å². The lowest BCUT2D eigenvalue weighted by Crippen LogP contribution is -2.14. The topological polar surface area (TPSA) is 72.2 Å². The molecular weight excluding hydrogens is 284 g/mol. The normalized spacial score (nSPS) is 11.3. The van der Waals surface area contributed by atoms with Crippen molar-refractivity contribution in [2.45, 2.75) is 11.8 Å². The minimum absolute atomic E-state index is 0.203. The molecule has 0 saturated carbocycles. The lowest BCUT2D eigenvalue weighted by atomic mass is 10.2. The van der Waals surface area contributed by atoms with E-state index in [2.05, 4.69) is 4.72 Å². The van der Waals surface area contributed by atoms with Crippen LogP contribution in [0, 0.1) is 6.92 Å². The van der Waals surface area contributed by atoms with Crippen molar-refractivity contribution in [1.29, 1.82) is 0 Å². The van der Waals surface area contributed by atoms with E-state index in [0.29, 0.717) is 22.0 Å². The molecule has 0 fully saturated rings. The Morgan fingerprint density at radius 1 is 1.11 bits per heavy atom. The van der Waals surface area contributed by atoms with Gasteiger partial charge in [-0.25, -0.2) is 8.42 Å². The van der Waals surface area contributed by atoms with Gasteiger partial charge in [-0.15, -0.1) is 0 Å². The van der Waals surface area contributed by atoms with Crippen molar-refractivity contribution in [2.75, 3.05) is 10.5 Å². The second-order valence-corrected chi connectivity index (χ2v) is 6.22. The summed E-state index contributed by atoms with van der Waals surface area (Å²) in [6, 6.07) is 11.1. The van der Waals surface area contributed by atoms with Crippen LogP contribution in [0.2, 0.25) is 5.02 Å². The standard InChI is InChI=1S/C13H13ClN2O2S/c1-9-8-10(14)2-7-13(9)19(17,18)16-12-5-3-11(15)4-6-12/h2-8,16H,15H2,1H3. The average Bonchev–Trinajstić information content (AvgIpc) is 2.31. The number of halogens is 1. The van der Waals surface area contributed by atoms with Gasteiger partial charge in [-0.05, 0) is 55.0 Å². The molecule has 0 atom stereocenters. The zero-order chi connectivity index (χ0) is 14.0. The van der Waals surface area contributed by atoms with Gasteiger partial charge in [-0.3, -0.25) is 4.72 Å². The molecule has 0 spiro atoms. The van der Waals surface area contributed by atoms with E-state index < -0.39 is 10.0 Å². The fraction of sp³-hybridized carbons (Fsp3) is 0.0769. The summed E-state index contributed by atoms with van der Waals surface area (Å²) in [7, 11) is -3.62. The zero-order valence-corrected chi connectivity index (χ0v) is 11.8. The molecule has 0 bridgehead atoms. The van der Waals surface area contributed by atoms with Gasteiger partial charge >= 0.3 is 0 Å². The van der Waals surface area contributed by atoms with Gasteiger partial charge in [-0.2, -0.15) is 0 Å². The van der Waals surface area contributed by atoms with Crippen molar-refractivity contribution in [3.8, 4) is 0 Å². The third-order valence-corrected chi connectivity index (χ3v) is 4.37. The van der Waals surface area contributed by atoms with E-state index in [1.165, 1.54) is 6.07 Å². The number of anilines is 2.